The van der Waals surface area contributed by atoms with Crippen LogP contribution in [0.3, 0.4) is 0 Å². The minimum Gasteiger partial charge on any atom is -0.464 e. The molecule has 0 saturated carbocycles. The molecule has 114 valence electrons. The summed E-state index contributed by atoms with van der Waals surface area (Å²) in [6, 6.07) is 11.1. The molecule has 0 spiro atoms. The van der Waals surface area contributed by atoms with Gasteiger partial charge in [0.05, 0.1) is 6.26 Å². The summed E-state index contributed by atoms with van der Waals surface area (Å²) in [5, 5.41) is 0. The largest absolute Gasteiger partial charge is 0.464 e. The van der Waals surface area contributed by atoms with E-state index in [0.717, 1.165) is 23.3 Å². The minimum atomic E-state index is -3.42. The van der Waals surface area contributed by atoms with Gasteiger partial charge in [-0.3, -0.25) is 0 Å². The van der Waals surface area contributed by atoms with Crippen molar-refractivity contribution in [2.75, 3.05) is 6.54 Å². The van der Waals surface area contributed by atoms with Crippen molar-refractivity contribution in [3.8, 4) is 11.3 Å². The fourth-order valence-corrected chi connectivity index (χ4v) is 3.33. The summed E-state index contributed by atoms with van der Waals surface area (Å²) in [4.78, 5) is 0. The van der Waals surface area contributed by atoms with E-state index in [9.17, 15) is 8.42 Å². The monoisotopic (exact) mass is 307 g/mol. The summed E-state index contributed by atoms with van der Waals surface area (Å²) in [6.45, 7) is 5.82. The maximum Gasteiger partial charge on any atom is 0.221 e. The van der Waals surface area contributed by atoms with E-state index >= 15 is 0 Å². The van der Waals surface area contributed by atoms with Gasteiger partial charge in [-0.05, 0) is 38.0 Å². The average Bonchev–Trinajstić information content (AvgIpc) is 2.99. The molecule has 2 aromatic rings. The number of hydrogen-bond donors (Lipinski definition) is 1. The molecule has 0 unspecified atom stereocenters. The van der Waals surface area contributed by atoms with E-state index < -0.39 is 14.8 Å². The molecule has 0 fully saturated rings. The Morgan fingerprint density at radius 3 is 2.33 bits per heavy atom. The third-order valence-electron chi connectivity index (χ3n) is 3.60. The van der Waals surface area contributed by atoms with Gasteiger partial charge in [-0.1, -0.05) is 31.2 Å². The maximum absolute atomic E-state index is 12.4. The van der Waals surface area contributed by atoms with Crippen molar-refractivity contribution in [1.29, 1.82) is 0 Å². The highest BCUT2D eigenvalue weighted by Gasteiger charge is 2.35. The van der Waals surface area contributed by atoms with Gasteiger partial charge in [-0.25, -0.2) is 13.1 Å². The molecule has 0 atom stereocenters. The molecule has 0 amide bonds. The van der Waals surface area contributed by atoms with Crippen LogP contribution >= 0.6 is 0 Å². The summed E-state index contributed by atoms with van der Waals surface area (Å²) in [6.07, 6.45) is 2.39. The topological polar surface area (TPSA) is 59.3 Å². The van der Waals surface area contributed by atoms with Crippen molar-refractivity contribution in [1.82, 2.24) is 4.72 Å². The molecule has 0 saturated heterocycles. The van der Waals surface area contributed by atoms with Gasteiger partial charge in [-0.15, -0.1) is 0 Å². The van der Waals surface area contributed by atoms with E-state index in [1.807, 2.05) is 43.3 Å². The lowest BCUT2D eigenvalue weighted by atomic mass is 10.0. The van der Waals surface area contributed by atoms with Crippen molar-refractivity contribution in [2.45, 2.75) is 31.9 Å². The fourth-order valence-electron chi connectivity index (χ4n) is 2.05. The first kappa shape index (κ1) is 15.8. The standard InChI is InChI=1S/C16H21NO3S/c1-4-11-17-21(18,19)16(2,3)14-9-7-13(8-10-14)15-6-5-12-20-15/h5-10,12,17H,4,11H2,1-3H3. The van der Waals surface area contributed by atoms with Crippen LogP contribution in [0.5, 0.6) is 0 Å². The molecular formula is C16H21NO3S. The third-order valence-corrected chi connectivity index (χ3v) is 5.76. The minimum absolute atomic E-state index is 0.455. The van der Waals surface area contributed by atoms with Crippen molar-refractivity contribution < 1.29 is 12.8 Å². The van der Waals surface area contributed by atoms with Crippen LogP contribution < -0.4 is 4.72 Å². The normalized spacial score (nSPS) is 12.5. The van der Waals surface area contributed by atoms with Gasteiger partial charge in [0.25, 0.3) is 0 Å². The second-order valence-electron chi connectivity index (χ2n) is 5.46. The fraction of sp³-hybridized carbons (Fsp3) is 0.375. The van der Waals surface area contributed by atoms with E-state index in [0.29, 0.717) is 6.54 Å². The van der Waals surface area contributed by atoms with Gasteiger partial charge >= 0.3 is 0 Å². The Balaban J connectivity index is 2.28. The van der Waals surface area contributed by atoms with E-state index in [1.54, 1.807) is 20.1 Å². The molecule has 4 nitrogen and oxygen atoms in total. The van der Waals surface area contributed by atoms with Gasteiger partial charge in [-0.2, -0.15) is 0 Å². The van der Waals surface area contributed by atoms with Crippen LogP contribution in [0, 0.1) is 0 Å². The number of benzene rings is 1. The molecule has 1 aromatic carbocycles. The van der Waals surface area contributed by atoms with Gasteiger partial charge < -0.3 is 4.42 Å². The van der Waals surface area contributed by atoms with Crippen LogP contribution in [0.25, 0.3) is 11.3 Å². The predicted octanol–water partition coefficient (Wildman–Crippen LogP) is 3.51. The van der Waals surface area contributed by atoms with Crippen LogP contribution in [-0.4, -0.2) is 15.0 Å². The quantitative estimate of drug-likeness (QED) is 0.888. The van der Waals surface area contributed by atoms with Crippen LogP contribution in [0.1, 0.15) is 32.8 Å². The van der Waals surface area contributed by atoms with Gasteiger partial charge in [0.15, 0.2) is 0 Å². The van der Waals surface area contributed by atoms with Crippen molar-refractivity contribution >= 4 is 10.0 Å². The molecule has 2 rings (SSSR count). The van der Waals surface area contributed by atoms with Crippen LogP contribution in [0.4, 0.5) is 0 Å². The second-order valence-corrected chi connectivity index (χ2v) is 7.78. The number of furan rings is 1. The van der Waals surface area contributed by atoms with Crippen molar-refractivity contribution in [3.05, 3.63) is 48.2 Å². The highest BCUT2D eigenvalue weighted by molar-refractivity contribution is 7.90. The Bertz CT molecular complexity index is 671. The number of sulfonamides is 1. The lowest BCUT2D eigenvalue weighted by Gasteiger charge is -2.25. The van der Waals surface area contributed by atoms with Crippen LogP contribution in [0.15, 0.2) is 47.1 Å². The molecular weight excluding hydrogens is 286 g/mol. The highest BCUT2D eigenvalue weighted by atomic mass is 32.2. The molecule has 1 aromatic heterocycles. The molecule has 5 heteroatoms. The number of nitrogens with one attached hydrogen (secondary N) is 1. The summed E-state index contributed by atoms with van der Waals surface area (Å²) in [5.41, 5.74) is 1.68. The van der Waals surface area contributed by atoms with Gasteiger partial charge in [0, 0.05) is 12.1 Å². The average molecular weight is 307 g/mol. The predicted molar refractivity (Wildman–Crippen MR) is 84.4 cm³/mol. The zero-order chi connectivity index (χ0) is 15.5. The van der Waals surface area contributed by atoms with Gasteiger partial charge in [0.1, 0.15) is 10.5 Å². The smallest absolute Gasteiger partial charge is 0.221 e. The Labute approximate surface area is 126 Å². The lowest BCUT2D eigenvalue weighted by molar-refractivity contribution is 0.539. The van der Waals surface area contributed by atoms with Crippen molar-refractivity contribution in [2.24, 2.45) is 0 Å². The van der Waals surface area contributed by atoms with Crippen LogP contribution in [-0.2, 0) is 14.8 Å². The summed E-state index contributed by atoms with van der Waals surface area (Å²) in [5.74, 6) is 0.770. The maximum atomic E-state index is 12.4. The second kappa shape index (κ2) is 6.03. The summed E-state index contributed by atoms with van der Waals surface area (Å²) >= 11 is 0. The summed E-state index contributed by atoms with van der Waals surface area (Å²) in [7, 11) is -3.42. The molecule has 0 aliphatic rings. The molecule has 0 aliphatic carbocycles. The first-order valence-corrected chi connectivity index (χ1v) is 8.50. The molecule has 1 heterocycles. The first-order chi connectivity index (χ1) is 9.88. The van der Waals surface area contributed by atoms with E-state index in [4.69, 9.17) is 4.42 Å². The van der Waals surface area contributed by atoms with Crippen molar-refractivity contribution in [3.63, 3.8) is 0 Å². The summed E-state index contributed by atoms with van der Waals surface area (Å²) < 4.78 is 31.8. The third kappa shape index (κ3) is 3.19. The molecule has 0 radical (unpaired) electrons. The number of rotatable bonds is 6. The Morgan fingerprint density at radius 2 is 1.81 bits per heavy atom. The first-order valence-electron chi connectivity index (χ1n) is 7.02. The SMILES string of the molecule is CCCNS(=O)(=O)C(C)(C)c1ccc(-c2ccco2)cc1. The molecule has 0 bridgehead atoms. The Hall–Kier alpha value is -1.59. The zero-order valence-electron chi connectivity index (χ0n) is 12.6. The highest BCUT2D eigenvalue weighted by Crippen LogP contribution is 2.30. The van der Waals surface area contributed by atoms with Crippen LogP contribution in [0.2, 0.25) is 0 Å². The van der Waals surface area contributed by atoms with E-state index in [1.165, 1.54) is 0 Å². The Morgan fingerprint density at radius 1 is 1.14 bits per heavy atom. The molecule has 21 heavy (non-hydrogen) atoms. The molecule has 1 N–H and O–H groups in total. The number of hydrogen-bond acceptors (Lipinski definition) is 3. The lowest BCUT2D eigenvalue weighted by Crippen LogP contribution is -2.39. The van der Waals surface area contributed by atoms with E-state index in [-0.39, 0.29) is 0 Å². The molecule has 0 aliphatic heterocycles. The zero-order valence-corrected chi connectivity index (χ0v) is 13.4. The Kier molecular flexibility index (Phi) is 4.54. The van der Waals surface area contributed by atoms with E-state index in [2.05, 4.69) is 4.72 Å². The van der Waals surface area contributed by atoms with Gasteiger partial charge in [0.2, 0.25) is 10.0 Å².